The molecule has 0 spiro atoms. The number of fused-ring (bicyclic) bond motifs is 3. The highest BCUT2D eigenvalue weighted by Gasteiger charge is 2.15. The third-order valence-corrected chi connectivity index (χ3v) is 3.91. The first-order chi connectivity index (χ1) is 10.6. The van der Waals surface area contributed by atoms with E-state index in [1.54, 1.807) is 24.3 Å². The van der Waals surface area contributed by atoms with Crippen molar-refractivity contribution in [2.75, 3.05) is 0 Å². The molecule has 2 aromatic heterocycles. The van der Waals surface area contributed by atoms with E-state index in [-0.39, 0.29) is 17.0 Å². The van der Waals surface area contributed by atoms with Crippen LogP contribution in [0.5, 0.6) is 0 Å². The molecule has 0 saturated carbocycles. The zero-order valence-corrected chi connectivity index (χ0v) is 12.6. The molecule has 0 saturated heterocycles. The van der Waals surface area contributed by atoms with Crippen LogP contribution in [0.3, 0.4) is 0 Å². The van der Waals surface area contributed by atoms with Crippen LogP contribution in [0, 0.1) is 5.82 Å². The Kier molecular flexibility index (Phi) is 2.87. The van der Waals surface area contributed by atoms with Gasteiger partial charge in [-0.05, 0) is 30.3 Å². The van der Waals surface area contributed by atoms with Crippen molar-refractivity contribution in [2.45, 2.75) is 0 Å². The van der Waals surface area contributed by atoms with Crippen LogP contribution in [0.4, 0.5) is 4.39 Å². The van der Waals surface area contributed by atoms with Crippen molar-refractivity contribution >= 4 is 38.0 Å². The molecule has 0 bridgehead atoms. The number of benzene rings is 2. The van der Waals surface area contributed by atoms with Gasteiger partial charge in [0.2, 0.25) is 5.58 Å². The highest BCUT2D eigenvalue weighted by atomic mass is 79.9. The van der Waals surface area contributed by atoms with Crippen molar-refractivity contribution in [1.29, 1.82) is 0 Å². The van der Waals surface area contributed by atoms with E-state index in [1.807, 2.05) is 12.1 Å². The summed E-state index contributed by atoms with van der Waals surface area (Å²) >= 11 is 3.38. The molecule has 4 aromatic rings. The van der Waals surface area contributed by atoms with Crippen LogP contribution in [-0.2, 0) is 0 Å². The molecule has 0 amide bonds. The van der Waals surface area contributed by atoms with E-state index in [9.17, 15) is 9.18 Å². The lowest BCUT2D eigenvalue weighted by atomic mass is 10.2. The Bertz CT molecular complexity index is 1080. The number of hydrogen-bond acceptors (Lipinski definition) is 3. The minimum atomic E-state index is -0.445. The SMILES string of the molecule is O=c1[nH]c(-c2ccccc2F)nc2c1oc1ccc(Br)cc12. The van der Waals surface area contributed by atoms with E-state index in [2.05, 4.69) is 25.9 Å². The largest absolute Gasteiger partial charge is 0.449 e. The fraction of sp³-hybridized carbons (Fsp3) is 0. The number of H-pyrrole nitrogens is 1. The van der Waals surface area contributed by atoms with Crippen LogP contribution in [0.1, 0.15) is 0 Å². The first-order valence-electron chi connectivity index (χ1n) is 6.50. The summed E-state index contributed by atoms with van der Waals surface area (Å²) in [5.41, 5.74) is 0.912. The second-order valence-electron chi connectivity index (χ2n) is 4.81. The average Bonchev–Trinajstić information content (AvgIpc) is 2.86. The van der Waals surface area contributed by atoms with E-state index in [0.717, 1.165) is 4.47 Å². The van der Waals surface area contributed by atoms with Gasteiger partial charge in [0.15, 0.2) is 0 Å². The van der Waals surface area contributed by atoms with Crippen molar-refractivity contribution in [3.63, 3.8) is 0 Å². The predicted molar refractivity (Wildman–Crippen MR) is 85.2 cm³/mol. The molecule has 0 unspecified atom stereocenters. The molecule has 0 aliphatic rings. The maximum Gasteiger partial charge on any atom is 0.294 e. The second kappa shape index (κ2) is 4.78. The fourth-order valence-corrected chi connectivity index (χ4v) is 2.77. The van der Waals surface area contributed by atoms with Crippen LogP contribution in [0.15, 0.2) is 56.1 Å². The van der Waals surface area contributed by atoms with E-state index in [0.29, 0.717) is 16.5 Å². The van der Waals surface area contributed by atoms with Crippen molar-refractivity contribution in [1.82, 2.24) is 9.97 Å². The van der Waals surface area contributed by atoms with Crippen LogP contribution in [-0.4, -0.2) is 9.97 Å². The van der Waals surface area contributed by atoms with Crippen LogP contribution < -0.4 is 5.56 Å². The molecule has 6 heteroatoms. The molecule has 0 atom stereocenters. The molecular weight excluding hydrogens is 351 g/mol. The maximum atomic E-state index is 13.9. The summed E-state index contributed by atoms with van der Waals surface area (Å²) in [6.07, 6.45) is 0. The topological polar surface area (TPSA) is 58.9 Å². The number of halogens is 2. The highest BCUT2D eigenvalue weighted by molar-refractivity contribution is 9.10. The lowest BCUT2D eigenvalue weighted by Gasteiger charge is -2.01. The predicted octanol–water partition coefficient (Wildman–Crippen LogP) is 4.24. The van der Waals surface area contributed by atoms with Gasteiger partial charge in [0, 0.05) is 9.86 Å². The molecule has 0 fully saturated rings. The van der Waals surface area contributed by atoms with E-state index < -0.39 is 11.4 Å². The zero-order valence-electron chi connectivity index (χ0n) is 11.1. The van der Waals surface area contributed by atoms with Gasteiger partial charge in [0.25, 0.3) is 5.56 Å². The summed E-state index contributed by atoms with van der Waals surface area (Å²) in [7, 11) is 0. The van der Waals surface area contributed by atoms with Gasteiger partial charge < -0.3 is 9.40 Å². The minimum absolute atomic E-state index is 0.133. The van der Waals surface area contributed by atoms with E-state index in [4.69, 9.17) is 4.42 Å². The van der Waals surface area contributed by atoms with E-state index in [1.165, 1.54) is 6.07 Å². The standard InChI is InChI=1S/C16H8BrFN2O2/c17-8-5-6-12-10(7-8)13-14(22-12)16(21)20-15(19-13)9-3-1-2-4-11(9)18/h1-7H,(H,19,20,21). The highest BCUT2D eigenvalue weighted by Crippen LogP contribution is 2.29. The summed E-state index contributed by atoms with van der Waals surface area (Å²) in [5, 5.41) is 0.702. The third-order valence-electron chi connectivity index (χ3n) is 3.41. The fourth-order valence-electron chi connectivity index (χ4n) is 2.41. The summed E-state index contributed by atoms with van der Waals surface area (Å²) in [4.78, 5) is 19.2. The van der Waals surface area contributed by atoms with Gasteiger partial charge >= 0.3 is 0 Å². The Balaban J connectivity index is 2.11. The Labute approximate surface area is 131 Å². The smallest absolute Gasteiger partial charge is 0.294 e. The number of rotatable bonds is 1. The third kappa shape index (κ3) is 1.95. The molecule has 0 aliphatic heterocycles. The first kappa shape index (κ1) is 13.2. The van der Waals surface area contributed by atoms with Crippen LogP contribution in [0.25, 0.3) is 33.5 Å². The Hall–Kier alpha value is -2.47. The van der Waals surface area contributed by atoms with Crippen molar-refractivity contribution < 1.29 is 8.81 Å². The van der Waals surface area contributed by atoms with E-state index >= 15 is 0 Å². The van der Waals surface area contributed by atoms with Crippen LogP contribution in [0.2, 0.25) is 0 Å². The molecule has 2 heterocycles. The molecule has 4 rings (SSSR count). The quantitative estimate of drug-likeness (QED) is 0.553. The molecular formula is C16H8BrFN2O2. The van der Waals surface area contributed by atoms with Gasteiger partial charge in [0.1, 0.15) is 22.7 Å². The van der Waals surface area contributed by atoms with Crippen molar-refractivity contribution in [2.24, 2.45) is 0 Å². The van der Waals surface area contributed by atoms with Gasteiger partial charge in [0.05, 0.1) is 5.56 Å². The number of nitrogens with zero attached hydrogens (tertiary/aromatic N) is 1. The monoisotopic (exact) mass is 358 g/mol. The molecule has 4 nitrogen and oxygen atoms in total. The molecule has 108 valence electrons. The minimum Gasteiger partial charge on any atom is -0.449 e. The van der Waals surface area contributed by atoms with Gasteiger partial charge in [-0.2, -0.15) is 0 Å². The molecule has 0 radical (unpaired) electrons. The normalized spacial score (nSPS) is 11.4. The number of nitrogens with one attached hydrogen (secondary N) is 1. The van der Waals surface area contributed by atoms with Gasteiger partial charge in [-0.15, -0.1) is 0 Å². The molecule has 1 N–H and O–H groups in total. The Morgan fingerprint density at radius 3 is 2.82 bits per heavy atom. The maximum absolute atomic E-state index is 13.9. The summed E-state index contributed by atoms with van der Waals surface area (Å²) in [5.74, 6) is -0.266. The number of hydrogen-bond donors (Lipinski definition) is 1. The first-order valence-corrected chi connectivity index (χ1v) is 7.30. The molecule has 22 heavy (non-hydrogen) atoms. The Morgan fingerprint density at radius 2 is 2.00 bits per heavy atom. The van der Waals surface area contributed by atoms with Crippen molar-refractivity contribution in [3.8, 4) is 11.4 Å². The van der Waals surface area contributed by atoms with Gasteiger partial charge in [-0.25, -0.2) is 9.37 Å². The van der Waals surface area contributed by atoms with Crippen LogP contribution >= 0.6 is 15.9 Å². The second-order valence-corrected chi connectivity index (χ2v) is 5.73. The average molecular weight is 359 g/mol. The lowest BCUT2D eigenvalue weighted by molar-refractivity contribution is 0.629. The Morgan fingerprint density at radius 1 is 1.18 bits per heavy atom. The number of aromatic amines is 1. The molecule has 0 aliphatic carbocycles. The number of furan rings is 1. The summed E-state index contributed by atoms with van der Waals surface area (Å²) in [6.45, 7) is 0. The summed E-state index contributed by atoms with van der Waals surface area (Å²) < 4.78 is 20.3. The lowest BCUT2D eigenvalue weighted by Crippen LogP contribution is -2.08. The van der Waals surface area contributed by atoms with Crippen molar-refractivity contribution in [3.05, 3.63) is 63.1 Å². The zero-order chi connectivity index (χ0) is 15.3. The number of aromatic nitrogens is 2. The van der Waals surface area contributed by atoms with Gasteiger partial charge in [-0.1, -0.05) is 28.1 Å². The molecule has 2 aromatic carbocycles. The summed E-state index contributed by atoms with van der Waals surface area (Å²) in [6, 6.07) is 11.5. The van der Waals surface area contributed by atoms with Gasteiger partial charge in [-0.3, -0.25) is 4.79 Å².